The normalized spacial score (nSPS) is 28.9. The Morgan fingerprint density at radius 3 is 2.00 bits per heavy atom. The number of pyridine rings is 1. The van der Waals surface area contributed by atoms with Crippen LogP contribution in [-0.4, -0.2) is 10.9 Å². The van der Waals surface area contributed by atoms with Crippen LogP contribution in [0.25, 0.3) is 0 Å². The molecule has 0 aliphatic heterocycles. The second-order valence-electron chi connectivity index (χ2n) is 3.33. The summed E-state index contributed by atoms with van der Waals surface area (Å²) in [6.07, 6.45) is 0.598. The number of nitrogens with two attached hydrogens (primary N) is 1. The van der Waals surface area contributed by atoms with Crippen LogP contribution in [0.2, 0.25) is 0 Å². The van der Waals surface area contributed by atoms with Crippen LogP contribution in [0.3, 0.4) is 0 Å². The van der Waals surface area contributed by atoms with Crippen molar-refractivity contribution in [2.45, 2.75) is 17.9 Å². The van der Waals surface area contributed by atoms with Crippen LogP contribution < -0.4 is 5.73 Å². The molecule has 1 heterocycles. The minimum Gasteiger partial charge on any atom is -0.316 e. The predicted octanol–water partition coefficient (Wildman–Crippen LogP) is 1.55. The van der Waals surface area contributed by atoms with E-state index in [1.54, 1.807) is 0 Å². The minimum absolute atomic E-state index is 0.668. The van der Waals surface area contributed by atoms with Crippen LogP contribution in [0, 0.1) is 11.6 Å². The molecule has 0 amide bonds. The third-order valence-corrected chi connectivity index (χ3v) is 2.33. The molecule has 2 rings (SSSR count). The maximum absolute atomic E-state index is 13.0. The molecule has 14 heavy (non-hydrogen) atoms. The van der Waals surface area contributed by atoms with Gasteiger partial charge >= 0.3 is 0 Å². The zero-order chi connectivity index (χ0) is 10.6. The smallest absolute Gasteiger partial charge is 0.272 e. The number of aromatic nitrogens is 1. The topological polar surface area (TPSA) is 38.9 Å². The molecule has 0 aromatic carbocycles. The van der Waals surface area contributed by atoms with Gasteiger partial charge in [-0.05, 0) is 0 Å². The van der Waals surface area contributed by atoms with Crippen molar-refractivity contribution in [1.29, 1.82) is 0 Å². The van der Waals surface area contributed by atoms with Gasteiger partial charge in [-0.25, -0.2) is 17.6 Å². The van der Waals surface area contributed by atoms with Crippen LogP contribution in [0.15, 0.2) is 12.4 Å². The molecule has 2 N–H and O–H groups in total. The maximum Gasteiger partial charge on any atom is 0.272 e. The van der Waals surface area contributed by atoms with E-state index in [0.29, 0.717) is 12.4 Å². The lowest BCUT2D eigenvalue weighted by Crippen LogP contribution is -2.29. The Balaban J connectivity index is 2.54. The number of alkyl halides is 2. The number of hydrogen-bond acceptors (Lipinski definition) is 2. The monoisotopic (exact) mass is 206 g/mol. The zero-order valence-corrected chi connectivity index (χ0v) is 6.90. The lowest BCUT2D eigenvalue weighted by molar-refractivity contribution is 0.0870. The van der Waals surface area contributed by atoms with Crippen LogP contribution in [0.5, 0.6) is 0 Å². The van der Waals surface area contributed by atoms with Gasteiger partial charge in [0.25, 0.3) is 5.92 Å². The van der Waals surface area contributed by atoms with E-state index in [2.05, 4.69) is 4.98 Å². The fourth-order valence-electron chi connectivity index (χ4n) is 1.41. The predicted molar refractivity (Wildman–Crippen MR) is 39.6 cm³/mol. The van der Waals surface area contributed by atoms with Crippen molar-refractivity contribution in [1.82, 2.24) is 4.98 Å². The molecule has 1 aliphatic carbocycles. The van der Waals surface area contributed by atoms with E-state index in [1.807, 2.05) is 0 Å². The van der Waals surface area contributed by atoms with E-state index in [0.717, 1.165) is 0 Å². The molecule has 1 atom stereocenters. The van der Waals surface area contributed by atoms with Gasteiger partial charge in [0.1, 0.15) is 17.2 Å². The van der Waals surface area contributed by atoms with Gasteiger partial charge in [-0.15, -0.1) is 0 Å². The second kappa shape index (κ2) is 2.44. The summed E-state index contributed by atoms with van der Waals surface area (Å²) in [6, 6.07) is 0. The van der Waals surface area contributed by atoms with Crippen LogP contribution in [0.4, 0.5) is 17.6 Å². The summed E-state index contributed by atoms with van der Waals surface area (Å²) >= 11 is 0. The summed E-state index contributed by atoms with van der Waals surface area (Å²) in [5.41, 5.74) is 2.21. The Bertz CT molecular complexity index is 373. The summed E-state index contributed by atoms with van der Waals surface area (Å²) in [4.78, 5) is 3.18. The highest BCUT2D eigenvalue weighted by Gasteiger charge is 2.71. The van der Waals surface area contributed by atoms with Gasteiger partial charge in [0.05, 0.1) is 18.0 Å². The highest BCUT2D eigenvalue weighted by Crippen LogP contribution is 2.58. The van der Waals surface area contributed by atoms with Gasteiger partial charge in [-0.3, -0.25) is 4.98 Å². The molecule has 0 spiro atoms. The lowest BCUT2D eigenvalue weighted by Gasteiger charge is -2.11. The lowest BCUT2D eigenvalue weighted by atomic mass is 10.1. The third kappa shape index (κ3) is 1.03. The Morgan fingerprint density at radius 1 is 1.21 bits per heavy atom. The van der Waals surface area contributed by atoms with Crippen molar-refractivity contribution in [3.8, 4) is 0 Å². The Labute approximate surface area is 76.7 Å². The molecule has 2 nitrogen and oxygen atoms in total. The fraction of sp³-hybridized carbons (Fsp3) is 0.375. The average molecular weight is 206 g/mol. The molecular formula is C8H6F4N2. The summed E-state index contributed by atoms with van der Waals surface area (Å²) in [7, 11) is 0. The average Bonchev–Trinajstić information content (AvgIpc) is 2.50. The zero-order valence-electron chi connectivity index (χ0n) is 6.90. The van der Waals surface area contributed by atoms with Gasteiger partial charge in [-0.1, -0.05) is 0 Å². The van der Waals surface area contributed by atoms with E-state index in [1.165, 1.54) is 0 Å². The first kappa shape index (κ1) is 9.39. The summed E-state index contributed by atoms with van der Waals surface area (Å²) in [5.74, 6) is -5.51. The standard InChI is InChI=1S/C8H6F4N2/c9-4-1-14-2-5(10)6(4)7(13)3-8(7,11)12/h1-2H,3,13H2. The van der Waals surface area contributed by atoms with Crippen molar-refractivity contribution in [2.24, 2.45) is 5.73 Å². The van der Waals surface area contributed by atoms with Crippen molar-refractivity contribution >= 4 is 0 Å². The van der Waals surface area contributed by atoms with Gasteiger partial charge in [-0.2, -0.15) is 0 Å². The van der Waals surface area contributed by atoms with Gasteiger partial charge < -0.3 is 5.73 Å². The summed E-state index contributed by atoms with van der Waals surface area (Å²) in [6.45, 7) is 0. The first-order valence-electron chi connectivity index (χ1n) is 3.85. The molecule has 1 aromatic heterocycles. The van der Waals surface area contributed by atoms with Crippen molar-refractivity contribution in [3.63, 3.8) is 0 Å². The molecule has 1 aromatic rings. The molecule has 1 aliphatic rings. The largest absolute Gasteiger partial charge is 0.316 e. The van der Waals surface area contributed by atoms with Gasteiger partial charge in [0.15, 0.2) is 0 Å². The first-order valence-corrected chi connectivity index (χ1v) is 3.85. The Kier molecular flexibility index (Phi) is 1.64. The molecule has 76 valence electrons. The number of halogens is 4. The van der Waals surface area contributed by atoms with Crippen molar-refractivity contribution in [2.75, 3.05) is 0 Å². The summed E-state index contributed by atoms with van der Waals surface area (Å²) in [5, 5.41) is 0. The molecule has 0 radical (unpaired) electrons. The fourth-order valence-corrected chi connectivity index (χ4v) is 1.41. The minimum atomic E-state index is -3.24. The van der Waals surface area contributed by atoms with Gasteiger partial charge in [0.2, 0.25) is 0 Å². The van der Waals surface area contributed by atoms with E-state index >= 15 is 0 Å². The molecule has 0 saturated heterocycles. The van der Waals surface area contributed by atoms with E-state index in [9.17, 15) is 17.6 Å². The molecular weight excluding hydrogens is 200 g/mol. The van der Waals surface area contributed by atoms with Crippen molar-refractivity contribution < 1.29 is 17.6 Å². The van der Waals surface area contributed by atoms with Crippen molar-refractivity contribution in [3.05, 3.63) is 29.6 Å². The SMILES string of the molecule is NC1(c2c(F)cncc2F)CC1(F)F. The molecule has 1 fully saturated rings. The summed E-state index contributed by atoms with van der Waals surface area (Å²) < 4.78 is 51.5. The number of rotatable bonds is 1. The third-order valence-electron chi connectivity index (χ3n) is 2.33. The van der Waals surface area contributed by atoms with Crippen LogP contribution >= 0.6 is 0 Å². The number of nitrogens with zero attached hydrogens (tertiary/aromatic N) is 1. The highest BCUT2D eigenvalue weighted by molar-refractivity contribution is 5.36. The quantitative estimate of drug-likeness (QED) is 0.708. The second-order valence-corrected chi connectivity index (χ2v) is 3.33. The molecule has 1 saturated carbocycles. The number of hydrogen-bond donors (Lipinski definition) is 1. The van der Waals surface area contributed by atoms with Crippen LogP contribution in [0.1, 0.15) is 12.0 Å². The molecule has 1 unspecified atom stereocenters. The van der Waals surface area contributed by atoms with Gasteiger partial charge in [0, 0.05) is 6.42 Å². The molecule has 0 bridgehead atoms. The van der Waals surface area contributed by atoms with E-state index in [-0.39, 0.29) is 0 Å². The highest BCUT2D eigenvalue weighted by atomic mass is 19.3. The van der Waals surface area contributed by atoms with E-state index in [4.69, 9.17) is 5.73 Å². The first-order chi connectivity index (χ1) is 6.38. The molecule has 6 heteroatoms. The maximum atomic E-state index is 13.0. The van der Waals surface area contributed by atoms with Crippen LogP contribution in [-0.2, 0) is 5.54 Å². The Morgan fingerprint density at radius 2 is 1.64 bits per heavy atom. The van der Waals surface area contributed by atoms with E-state index < -0.39 is 35.1 Å². The Hall–Kier alpha value is -1.17.